The Morgan fingerprint density at radius 2 is 1.88 bits per heavy atom. The van der Waals surface area contributed by atoms with Crippen molar-refractivity contribution in [3.8, 4) is 0 Å². The Morgan fingerprint density at radius 1 is 1.31 bits per heavy atom. The molecule has 0 aliphatic heterocycles. The first-order chi connectivity index (χ1) is 7.43. The number of rotatable bonds is 5. The number of hydrogen-bond acceptors (Lipinski definition) is 1. The third kappa shape index (κ3) is 3.79. The highest BCUT2D eigenvalue weighted by molar-refractivity contribution is 9.09. The summed E-state index contributed by atoms with van der Waals surface area (Å²) in [5, 5.41) is -2.48. The molecular weight excluding hydrogens is 285 g/mol. The molecule has 2 atom stereocenters. The molecule has 1 rings (SSSR count). The van der Waals surface area contributed by atoms with Crippen LogP contribution >= 0.6 is 15.9 Å². The van der Waals surface area contributed by atoms with E-state index in [0.717, 1.165) is 5.56 Å². The van der Waals surface area contributed by atoms with Crippen molar-refractivity contribution in [2.45, 2.75) is 24.0 Å². The van der Waals surface area contributed by atoms with Crippen LogP contribution in [0.5, 0.6) is 0 Å². The predicted octanol–water partition coefficient (Wildman–Crippen LogP) is 4.09. The first-order valence-electron chi connectivity index (χ1n) is 4.78. The number of ether oxygens (including phenoxy) is 1. The van der Waals surface area contributed by atoms with E-state index in [1.54, 1.807) is 6.92 Å². The summed E-state index contributed by atoms with van der Waals surface area (Å²) >= 11 is 2.16. The molecule has 1 aromatic rings. The van der Waals surface area contributed by atoms with Crippen molar-refractivity contribution in [1.29, 1.82) is 0 Å². The van der Waals surface area contributed by atoms with Crippen molar-refractivity contribution in [2.24, 2.45) is 0 Å². The lowest BCUT2D eigenvalue weighted by Crippen LogP contribution is -2.30. The van der Waals surface area contributed by atoms with E-state index < -0.39 is 11.2 Å². The number of benzene rings is 1. The van der Waals surface area contributed by atoms with Crippen LogP contribution in [-0.4, -0.2) is 17.8 Å². The zero-order valence-corrected chi connectivity index (χ0v) is 10.3. The molecule has 2 unspecified atom stereocenters. The lowest BCUT2D eigenvalue weighted by Gasteiger charge is -2.19. The maximum Gasteiger partial charge on any atom is 0.396 e. The zero-order valence-electron chi connectivity index (χ0n) is 8.67. The second-order valence-corrected chi connectivity index (χ2v) is 4.29. The van der Waals surface area contributed by atoms with Crippen molar-refractivity contribution in [3.05, 3.63) is 35.9 Å². The first kappa shape index (κ1) is 13.5. The second-order valence-electron chi connectivity index (χ2n) is 3.49. The lowest BCUT2D eigenvalue weighted by molar-refractivity contribution is -0.254. The van der Waals surface area contributed by atoms with Crippen LogP contribution in [-0.2, 0) is 4.74 Å². The van der Waals surface area contributed by atoms with E-state index in [4.69, 9.17) is 0 Å². The van der Waals surface area contributed by atoms with Gasteiger partial charge in [0.2, 0.25) is 5.08 Å². The topological polar surface area (TPSA) is 9.23 Å². The van der Waals surface area contributed by atoms with Gasteiger partial charge < -0.3 is 4.74 Å². The number of halogens is 4. The average molecular weight is 297 g/mol. The highest BCUT2D eigenvalue weighted by atomic mass is 79.9. The molecule has 0 aliphatic carbocycles. The van der Waals surface area contributed by atoms with E-state index in [-0.39, 0.29) is 12.5 Å². The molecule has 0 N–H and O–H groups in total. The lowest BCUT2D eigenvalue weighted by atomic mass is 10.0. The van der Waals surface area contributed by atoms with Crippen molar-refractivity contribution in [1.82, 2.24) is 0 Å². The Hall–Kier alpha value is -0.550. The molecule has 0 bridgehead atoms. The molecule has 90 valence electrons. The summed E-state index contributed by atoms with van der Waals surface area (Å²) in [5.74, 6) is -0.210. The van der Waals surface area contributed by atoms with Gasteiger partial charge in [-0.2, -0.15) is 8.78 Å². The van der Waals surface area contributed by atoms with Crippen LogP contribution in [0.25, 0.3) is 0 Å². The van der Waals surface area contributed by atoms with Gasteiger partial charge in [0.05, 0.1) is 6.61 Å². The Kier molecular flexibility index (Phi) is 4.80. The fourth-order valence-electron chi connectivity index (χ4n) is 1.18. The summed E-state index contributed by atoms with van der Waals surface area (Å²) in [6.07, 6.45) is -3.79. The van der Waals surface area contributed by atoms with Crippen LogP contribution in [0.4, 0.5) is 13.2 Å². The fraction of sp³-hybridized carbons (Fsp3) is 0.455. The minimum absolute atomic E-state index is 0.210. The summed E-state index contributed by atoms with van der Waals surface area (Å²) in [5.41, 5.74) is 0.878. The van der Waals surface area contributed by atoms with Crippen LogP contribution in [0.1, 0.15) is 18.4 Å². The third-order valence-corrected chi connectivity index (χ3v) is 2.68. The maximum atomic E-state index is 12.8. The smallest absolute Gasteiger partial charge is 0.317 e. The Balaban J connectivity index is 2.51. The van der Waals surface area contributed by atoms with Crippen molar-refractivity contribution >= 4 is 15.9 Å². The van der Waals surface area contributed by atoms with E-state index in [1.807, 2.05) is 30.3 Å². The average Bonchev–Trinajstić information content (AvgIpc) is 2.27. The van der Waals surface area contributed by atoms with Crippen molar-refractivity contribution in [2.75, 3.05) is 6.61 Å². The van der Waals surface area contributed by atoms with E-state index in [9.17, 15) is 13.2 Å². The van der Waals surface area contributed by atoms with Gasteiger partial charge in [0.15, 0.2) is 0 Å². The maximum absolute atomic E-state index is 12.8. The van der Waals surface area contributed by atoms with Gasteiger partial charge in [-0.15, -0.1) is 0 Å². The van der Waals surface area contributed by atoms with Gasteiger partial charge in [-0.1, -0.05) is 37.3 Å². The normalized spacial score (nSPS) is 15.8. The molecule has 0 aliphatic rings. The molecule has 0 amide bonds. The van der Waals surface area contributed by atoms with Gasteiger partial charge in [0, 0.05) is 5.92 Å². The van der Waals surface area contributed by atoms with Crippen LogP contribution in [0.15, 0.2) is 30.3 Å². The van der Waals surface area contributed by atoms with Crippen molar-refractivity contribution < 1.29 is 17.9 Å². The van der Waals surface area contributed by atoms with E-state index >= 15 is 0 Å². The molecule has 0 heterocycles. The largest absolute Gasteiger partial charge is 0.396 e. The highest BCUT2D eigenvalue weighted by Crippen LogP contribution is 2.29. The molecule has 0 aromatic heterocycles. The van der Waals surface area contributed by atoms with Crippen molar-refractivity contribution in [3.63, 3.8) is 0 Å². The van der Waals surface area contributed by atoms with Crippen LogP contribution in [0.2, 0.25) is 0 Å². The molecule has 5 heteroatoms. The predicted molar refractivity (Wildman–Crippen MR) is 59.6 cm³/mol. The van der Waals surface area contributed by atoms with E-state index in [2.05, 4.69) is 20.7 Å². The standard InChI is InChI=1S/C11H12BrF3O/c1-8(9-5-3-2-4-6-9)7-16-11(14,15)10(12)13/h2-6,8,10H,7H2,1H3. The molecule has 0 saturated heterocycles. The van der Waals surface area contributed by atoms with E-state index in [0.29, 0.717) is 0 Å². The van der Waals surface area contributed by atoms with Gasteiger partial charge in [0.25, 0.3) is 0 Å². The van der Waals surface area contributed by atoms with E-state index in [1.165, 1.54) is 0 Å². The number of alkyl halides is 4. The molecule has 0 spiro atoms. The Bertz CT molecular complexity index is 316. The second kappa shape index (κ2) is 5.68. The fourth-order valence-corrected chi connectivity index (χ4v) is 1.31. The monoisotopic (exact) mass is 296 g/mol. The minimum atomic E-state index is -3.79. The third-order valence-electron chi connectivity index (χ3n) is 2.15. The summed E-state index contributed by atoms with van der Waals surface area (Å²) in [7, 11) is 0. The quantitative estimate of drug-likeness (QED) is 0.744. The summed E-state index contributed by atoms with van der Waals surface area (Å²) in [4.78, 5) is 0. The first-order valence-corrected chi connectivity index (χ1v) is 5.70. The van der Waals surface area contributed by atoms with Gasteiger partial charge in [-0.3, -0.25) is 0 Å². The molecule has 0 saturated carbocycles. The summed E-state index contributed by atoms with van der Waals surface area (Å²) in [6, 6.07) is 9.08. The van der Waals surface area contributed by atoms with Crippen LogP contribution in [0, 0.1) is 0 Å². The van der Waals surface area contributed by atoms with Crippen LogP contribution in [0.3, 0.4) is 0 Å². The molecule has 0 radical (unpaired) electrons. The molecule has 1 nitrogen and oxygen atoms in total. The Morgan fingerprint density at radius 3 is 2.38 bits per heavy atom. The van der Waals surface area contributed by atoms with Gasteiger partial charge >= 0.3 is 6.11 Å². The molecule has 16 heavy (non-hydrogen) atoms. The minimum Gasteiger partial charge on any atom is -0.317 e. The molecule has 1 aromatic carbocycles. The van der Waals surface area contributed by atoms with Gasteiger partial charge in [-0.05, 0) is 21.5 Å². The molecule has 0 fully saturated rings. The SMILES string of the molecule is CC(COC(F)(F)C(F)Br)c1ccccc1. The molecular formula is C11H12BrF3O. The zero-order chi connectivity index (χ0) is 12.2. The summed E-state index contributed by atoms with van der Waals surface area (Å²) in [6.45, 7) is 1.51. The number of hydrogen-bond donors (Lipinski definition) is 0. The Labute approximate surface area is 101 Å². The van der Waals surface area contributed by atoms with Crippen LogP contribution < -0.4 is 0 Å². The van der Waals surface area contributed by atoms with Gasteiger partial charge in [0.1, 0.15) is 0 Å². The summed E-state index contributed by atoms with van der Waals surface area (Å²) < 4.78 is 42.2. The highest BCUT2D eigenvalue weighted by Gasteiger charge is 2.40. The van der Waals surface area contributed by atoms with Gasteiger partial charge in [-0.25, -0.2) is 4.39 Å².